The molecule has 2 amide bonds. The highest BCUT2D eigenvalue weighted by Crippen LogP contribution is 2.48. The van der Waals surface area contributed by atoms with Crippen molar-refractivity contribution in [3.63, 3.8) is 0 Å². The van der Waals surface area contributed by atoms with Gasteiger partial charge in [-0.3, -0.25) is 14.5 Å². The fourth-order valence-electron chi connectivity index (χ4n) is 4.98. The number of carbonyl (C=O) groups excluding carboxylic acids is 2. The molecular formula is C27H35N5O2. The van der Waals surface area contributed by atoms with Gasteiger partial charge in [-0.15, -0.1) is 0 Å². The van der Waals surface area contributed by atoms with E-state index in [0.717, 1.165) is 48.2 Å². The van der Waals surface area contributed by atoms with Gasteiger partial charge in [0.15, 0.2) is 0 Å². The Morgan fingerprint density at radius 3 is 2.76 bits per heavy atom. The van der Waals surface area contributed by atoms with E-state index in [1.807, 2.05) is 62.5 Å². The number of hydrogen-bond acceptors (Lipinski definition) is 5. The molecule has 1 aliphatic heterocycles. The standard InChI is InChI=1S/C27H35N5O2/c1-5-28-18-19(2)21-8-6-7-20(15-21)16-25(33)30-24-17-23(11-13-29-24)32-14-12-27(26(32)34,31(3)4)22-9-10-22/h6-8,11,13,15,17-18,22,28H,5,9-10,12,14,16H2,1-4H3,(H,29,30,33)/b19-18+/t27-/m1/s1. The first-order chi connectivity index (χ1) is 16.3. The zero-order chi connectivity index (χ0) is 24.3. The Morgan fingerprint density at radius 1 is 1.26 bits per heavy atom. The van der Waals surface area contributed by atoms with Crippen molar-refractivity contribution in [2.45, 2.75) is 45.1 Å². The van der Waals surface area contributed by atoms with Gasteiger partial charge in [0.05, 0.1) is 6.42 Å². The van der Waals surface area contributed by atoms with Crippen LogP contribution < -0.4 is 15.5 Å². The normalized spacial score (nSPS) is 20.7. The van der Waals surface area contributed by atoms with Crippen molar-refractivity contribution in [2.75, 3.05) is 37.4 Å². The Labute approximate surface area is 202 Å². The lowest BCUT2D eigenvalue weighted by atomic mass is 9.90. The Morgan fingerprint density at radius 2 is 2.06 bits per heavy atom. The van der Waals surface area contributed by atoms with Gasteiger partial charge in [-0.05, 0) is 82.1 Å². The molecule has 7 nitrogen and oxygen atoms in total. The van der Waals surface area contributed by atoms with Crippen LogP contribution in [0.2, 0.25) is 0 Å². The highest BCUT2D eigenvalue weighted by Gasteiger charge is 2.57. The summed E-state index contributed by atoms with van der Waals surface area (Å²) in [6.07, 6.45) is 6.94. The second-order valence-electron chi connectivity index (χ2n) is 9.51. The highest BCUT2D eigenvalue weighted by molar-refractivity contribution is 6.03. The molecule has 0 bridgehead atoms. The fourth-order valence-corrected chi connectivity index (χ4v) is 4.98. The quantitative estimate of drug-likeness (QED) is 0.596. The van der Waals surface area contributed by atoms with Gasteiger partial charge < -0.3 is 15.5 Å². The van der Waals surface area contributed by atoms with Crippen molar-refractivity contribution < 1.29 is 9.59 Å². The molecule has 2 N–H and O–H groups in total. The first kappa shape index (κ1) is 24.0. The number of pyridine rings is 1. The summed E-state index contributed by atoms with van der Waals surface area (Å²) in [5.41, 5.74) is 3.51. The van der Waals surface area contributed by atoms with Crippen molar-refractivity contribution in [3.8, 4) is 0 Å². The molecule has 1 saturated carbocycles. The van der Waals surface area contributed by atoms with Crippen molar-refractivity contribution in [1.82, 2.24) is 15.2 Å². The molecule has 0 unspecified atom stereocenters. The number of allylic oxidation sites excluding steroid dienone is 1. The maximum Gasteiger partial charge on any atom is 0.247 e. The summed E-state index contributed by atoms with van der Waals surface area (Å²) in [4.78, 5) is 34.5. The van der Waals surface area contributed by atoms with Crippen LogP contribution in [0.25, 0.3) is 5.57 Å². The molecule has 2 aliphatic rings. The second-order valence-corrected chi connectivity index (χ2v) is 9.51. The molecule has 180 valence electrons. The average molecular weight is 462 g/mol. The van der Waals surface area contributed by atoms with E-state index in [4.69, 9.17) is 0 Å². The molecule has 1 saturated heterocycles. The van der Waals surface area contributed by atoms with Crippen LogP contribution >= 0.6 is 0 Å². The van der Waals surface area contributed by atoms with Gasteiger partial charge in [0.1, 0.15) is 11.4 Å². The van der Waals surface area contributed by atoms with Crippen LogP contribution in [0.1, 0.15) is 44.2 Å². The van der Waals surface area contributed by atoms with E-state index in [9.17, 15) is 9.59 Å². The molecule has 2 aromatic rings. The zero-order valence-corrected chi connectivity index (χ0v) is 20.6. The van der Waals surface area contributed by atoms with Gasteiger partial charge in [-0.1, -0.05) is 24.3 Å². The van der Waals surface area contributed by atoms with Crippen LogP contribution in [0.4, 0.5) is 11.5 Å². The lowest BCUT2D eigenvalue weighted by Gasteiger charge is -2.34. The van der Waals surface area contributed by atoms with Gasteiger partial charge in [0, 0.05) is 31.0 Å². The number of rotatable bonds is 9. The summed E-state index contributed by atoms with van der Waals surface area (Å²) < 4.78 is 0. The topological polar surface area (TPSA) is 77.6 Å². The summed E-state index contributed by atoms with van der Waals surface area (Å²) in [7, 11) is 4.01. The molecule has 2 fully saturated rings. The van der Waals surface area contributed by atoms with E-state index in [0.29, 0.717) is 18.3 Å². The Bertz CT molecular complexity index is 1090. The smallest absolute Gasteiger partial charge is 0.247 e. The molecule has 1 atom stereocenters. The Hall–Kier alpha value is -3.19. The van der Waals surface area contributed by atoms with Crippen LogP contribution in [0, 0.1) is 5.92 Å². The molecule has 2 heterocycles. The minimum Gasteiger partial charge on any atom is -0.391 e. The maximum atomic E-state index is 13.4. The SMILES string of the molecule is CCN/C=C(\C)c1cccc(CC(=O)Nc2cc(N3CC[C@](C4CC4)(N(C)C)C3=O)ccn2)c1. The summed E-state index contributed by atoms with van der Waals surface area (Å²) in [6.45, 7) is 5.65. The fraction of sp³-hybridized carbons (Fsp3) is 0.444. The first-order valence-electron chi connectivity index (χ1n) is 12.1. The van der Waals surface area contributed by atoms with E-state index < -0.39 is 5.54 Å². The number of nitrogens with one attached hydrogen (secondary N) is 2. The number of likely N-dealkylation sites (N-methyl/N-ethyl adjacent to an activating group) is 1. The minimum absolute atomic E-state index is 0.136. The van der Waals surface area contributed by atoms with E-state index >= 15 is 0 Å². The molecule has 4 rings (SSSR count). The predicted octanol–water partition coefficient (Wildman–Crippen LogP) is 3.68. The lowest BCUT2D eigenvalue weighted by Crippen LogP contribution is -2.52. The molecule has 1 aromatic heterocycles. The average Bonchev–Trinajstić information content (AvgIpc) is 3.60. The van der Waals surface area contributed by atoms with Crippen molar-refractivity contribution in [3.05, 3.63) is 59.9 Å². The molecule has 0 spiro atoms. The number of aromatic nitrogens is 1. The van der Waals surface area contributed by atoms with E-state index in [1.54, 1.807) is 12.3 Å². The lowest BCUT2D eigenvalue weighted by molar-refractivity contribution is -0.127. The van der Waals surface area contributed by atoms with E-state index in [1.165, 1.54) is 0 Å². The summed E-state index contributed by atoms with van der Waals surface area (Å²) in [5.74, 6) is 0.918. The van der Waals surface area contributed by atoms with Crippen LogP contribution in [-0.2, 0) is 16.0 Å². The van der Waals surface area contributed by atoms with Crippen molar-refractivity contribution in [2.24, 2.45) is 5.92 Å². The first-order valence-corrected chi connectivity index (χ1v) is 12.1. The number of nitrogens with zero attached hydrogens (tertiary/aromatic N) is 3. The van der Waals surface area contributed by atoms with Crippen LogP contribution in [0.5, 0.6) is 0 Å². The third-order valence-corrected chi connectivity index (χ3v) is 6.98. The van der Waals surface area contributed by atoms with E-state index in [-0.39, 0.29) is 18.2 Å². The Balaban J connectivity index is 1.43. The molecule has 34 heavy (non-hydrogen) atoms. The molecule has 1 aliphatic carbocycles. The minimum atomic E-state index is -0.406. The van der Waals surface area contributed by atoms with E-state index in [2.05, 4.69) is 27.4 Å². The molecule has 7 heteroatoms. The van der Waals surface area contributed by atoms with Gasteiger partial charge in [-0.25, -0.2) is 4.98 Å². The van der Waals surface area contributed by atoms with Crippen molar-refractivity contribution in [1.29, 1.82) is 0 Å². The number of hydrogen-bond donors (Lipinski definition) is 2. The van der Waals surface area contributed by atoms with Gasteiger partial charge >= 0.3 is 0 Å². The third kappa shape index (κ3) is 4.85. The summed E-state index contributed by atoms with van der Waals surface area (Å²) in [5, 5.41) is 6.12. The molecule has 1 aromatic carbocycles. The maximum absolute atomic E-state index is 13.4. The summed E-state index contributed by atoms with van der Waals surface area (Å²) >= 11 is 0. The number of amides is 2. The highest BCUT2D eigenvalue weighted by atomic mass is 16.2. The van der Waals surface area contributed by atoms with Gasteiger partial charge in [0.2, 0.25) is 11.8 Å². The van der Waals surface area contributed by atoms with Crippen LogP contribution in [-0.4, -0.2) is 54.4 Å². The molecular weight excluding hydrogens is 426 g/mol. The van der Waals surface area contributed by atoms with Crippen molar-refractivity contribution >= 4 is 28.9 Å². The zero-order valence-electron chi connectivity index (χ0n) is 20.6. The largest absolute Gasteiger partial charge is 0.391 e. The molecule has 0 radical (unpaired) electrons. The van der Waals surface area contributed by atoms with Crippen LogP contribution in [0.15, 0.2) is 48.8 Å². The monoisotopic (exact) mass is 461 g/mol. The summed E-state index contributed by atoms with van der Waals surface area (Å²) in [6, 6.07) is 11.6. The third-order valence-electron chi connectivity index (χ3n) is 6.98. The number of benzene rings is 1. The number of carbonyl (C=O) groups is 2. The van der Waals surface area contributed by atoms with Crippen LogP contribution in [0.3, 0.4) is 0 Å². The van der Waals surface area contributed by atoms with Gasteiger partial charge in [0.25, 0.3) is 0 Å². The van der Waals surface area contributed by atoms with Gasteiger partial charge in [-0.2, -0.15) is 0 Å². The predicted molar refractivity (Wildman–Crippen MR) is 136 cm³/mol. The second kappa shape index (κ2) is 9.97. The Kier molecular flexibility index (Phi) is 7.03. The number of anilines is 2.